The molecule has 0 radical (unpaired) electrons. The third-order valence-corrected chi connectivity index (χ3v) is 4.20. The number of nitrogens with zero attached hydrogens (tertiary/aromatic N) is 1. The van der Waals surface area contributed by atoms with E-state index < -0.39 is 6.10 Å². The molecule has 1 unspecified atom stereocenters. The molecular formula is C16H23FN2O2. The van der Waals surface area contributed by atoms with Crippen LogP contribution in [0.1, 0.15) is 43.4 Å². The van der Waals surface area contributed by atoms with Gasteiger partial charge in [0.25, 0.3) is 0 Å². The van der Waals surface area contributed by atoms with E-state index >= 15 is 0 Å². The molecule has 3 N–H and O–H groups in total. The quantitative estimate of drug-likeness (QED) is 0.895. The topological polar surface area (TPSA) is 66.6 Å². The van der Waals surface area contributed by atoms with Crippen molar-refractivity contribution in [2.75, 3.05) is 18.0 Å². The van der Waals surface area contributed by atoms with E-state index in [1.807, 2.05) is 0 Å². The number of anilines is 1. The minimum atomic E-state index is -0.710. The summed E-state index contributed by atoms with van der Waals surface area (Å²) in [6.45, 7) is 4.96. The number of nitrogens with two attached hydrogens (primary N) is 1. The Labute approximate surface area is 124 Å². The SMILES string of the molecule is Cc1cc(N2CCC(CC(N)=O)CC2)c(C(C)O)cc1F. The molecule has 1 heterocycles. The molecule has 0 aliphatic carbocycles. The molecule has 1 amide bonds. The van der Waals surface area contributed by atoms with Crippen molar-refractivity contribution in [2.24, 2.45) is 11.7 Å². The Morgan fingerprint density at radius 2 is 2.10 bits per heavy atom. The molecule has 1 fully saturated rings. The number of rotatable bonds is 4. The molecule has 116 valence electrons. The van der Waals surface area contributed by atoms with Crippen LogP contribution in [0, 0.1) is 18.7 Å². The Hall–Kier alpha value is -1.62. The predicted octanol–water partition coefficient (Wildman–Crippen LogP) is 2.28. The lowest BCUT2D eigenvalue weighted by atomic mass is 9.92. The third-order valence-electron chi connectivity index (χ3n) is 4.20. The van der Waals surface area contributed by atoms with E-state index in [-0.39, 0.29) is 11.7 Å². The summed E-state index contributed by atoms with van der Waals surface area (Å²) in [7, 11) is 0. The van der Waals surface area contributed by atoms with Gasteiger partial charge in [-0.05, 0) is 50.3 Å². The van der Waals surface area contributed by atoms with Crippen molar-refractivity contribution >= 4 is 11.6 Å². The number of piperidine rings is 1. The minimum Gasteiger partial charge on any atom is -0.389 e. The van der Waals surface area contributed by atoms with Crippen LogP contribution in [0.2, 0.25) is 0 Å². The highest BCUT2D eigenvalue weighted by Crippen LogP contribution is 2.32. The van der Waals surface area contributed by atoms with Crippen LogP contribution in [0.15, 0.2) is 12.1 Å². The van der Waals surface area contributed by atoms with E-state index in [1.54, 1.807) is 19.9 Å². The maximum absolute atomic E-state index is 13.7. The van der Waals surface area contributed by atoms with E-state index in [2.05, 4.69) is 4.90 Å². The number of primary amides is 1. The molecule has 0 saturated carbocycles. The number of aliphatic hydroxyl groups excluding tert-OH is 1. The lowest BCUT2D eigenvalue weighted by molar-refractivity contribution is -0.119. The van der Waals surface area contributed by atoms with Crippen molar-refractivity contribution in [1.29, 1.82) is 0 Å². The van der Waals surface area contributed by atoms with Gasteiger partial charge >= 0.3 is 0 Å². The number of carbonyl (C=O) groups is 1. The highest BCUT2D eigenvalue weighted by molar-refractivity contribution is 5.74. The van der Waals surface area contributed by atoms with Gasteiger partial charge in [0.1, 0.15) is 5.82 Å². The summed E-state index contributed by atoms with van der Waals surface area (Å²) in [6.07, 6.45) is 1.50. The molecule has 2 rings (SSSR count). The highest BCUT2D eigenvalue weighted by Gasteiger charge is 2.24. The Morgan fingerprint density at radius 3 is 2.62 bits per heavy atom. The van der Waals surface area contributed by atoms with Gasteiger partial charge in [-0.25, -0.2) is 4.39 Å². The van der Waals surface area contributed by atoms with Gasteiger partial charge in [-0.2, -0.15) is 0 Å². The summed E-state index contributed by atoms with van der Waals surface area (Å²) in [4.78, 5) is 13.1. The average Bonchev–Trinajstić information content (AvgIpc) is 2.41. The molecule has 1 aliphatic heterocycles. The Bertz CT molecular complexity index is 523. The van der Waals surface area contributed by atoms with Gasteiger partial charge in [-0.15, -0.1) is 0 Å². The smallest absolute Gasteiger partial charge is 0.217 e. The number of halogens is 1. The van der Waals surface area contributed by atoms with Gasteiger partial charge in [0.15, 0.2) is 0 Å². The second kappa shape index (κ2) is 6.43. The van der Waals surface area contributed by atoms with Crippen LogP contribution >= 0.6 is 0 Å². The van der Waals surface area contributed by atoms with Crippen LogP contribution in [0.5, 0.6) is 0 Å². The Balaban J connectivity index is 2.16. The van der Waals surface area contributed by atoms with Crippen LogP contribution in [0.4, 0.5) is 10.1 Å². The summed E-state index contributed by atoms with van der Waals surface area (Å²) in [6, 6.07) is 3.22. The Morgan fingerprint density at radius 1 is 1.48 bits per heavy atom. The molecule has 1 aliphatic rings. The molecule has 1 aromatic rings. The van der Waals surface area contributed by atoms with E-state index in [0.29, 0.717) is 23.5 Å². The van der Waals surface area contributed by atoms with Crippen LogP contribution < -0.4 is 10.6 Å². The van der Waals surface area contributed by atoms with Gasteiger partial charge in [0.2, 0.25) is 5.91 Å². The number of aliphatic hydroxyl groups is 1. The summed E-state index contributed by atoms with van der Waals surface area (Å²) >= 11 is 0. The molecule has 0 bridgehead atoms. The van der Waals surface area contributed by atoms with Crippen molar-refractivity contribution in [3.8, 4) is 0 Å². The molecule has 21 heavy (non-hydrogen) atoms. The zero-order valence-corrected chi connectivity index (χ0v) is 12.6. The number of benzene rings is 1. The zero-order chi connectivity index (χ0) is 15.6. The predicted molar refractivity (Wildman–Crippen MR) is 80.5 cm³/mol. The average molecular weight is 294 g/mol. The van der Waals surface area contributed by atoms with Crippen LogP contribution in [-0.4, -0.2) is 24.1 Å². The van der Waals surface area contributed by atoms with E-state index in [0.717, 1.165) is 31.6 Å². The summed E-state index contributed by atoms with van der Waals surface area (Å²) in [5.74, 6) is -0.218. The summed E-state index contributed by atoms with van der Waals surface area (Å²) in [5, 5.41) is 9.87. The first kappa shape index (κ1) is 15.8. The second-order valence-electron chi connectivity index (χ2n) is 5.94. The fourth-order valence-electron chi connectivity index (χ4n) is 2.95. The highest BCUT2D eigenvalue weighted by atomic mass is 19.1. The van der Waals surface area contributed by atoms with Gasteiger partial charge < -0.3 is 15.7 Å². The molecule has 0 spiro atoms. The van der Waals surface area contributed by atoms with Crippen molar-refractivity contribution in [1.82, 2.24) is 0 Å². The summed E-state index contributed by atoms with van der Waals surface area (Å²) < 4.78 is 13.7. The first-order valence-electron chi connectivity index (χ1n) is 7.40. The Kier molecular flexibility index (Phi) is 4.83. The fourth-order valence-corrected chi connectivity index (χ4v) is 2.95. The fraction of sp³-hybridized carbons (Fsp3) is 0.562. The molecule has 1 aromatic carbocycles. The molecule has 1 atom stereocenters. The van der Waals surface area contributed by atoms with E-state index in [9.17, 15) is 14.3 Å². The van der Waals surface area contributed by atoms with Crippen LogP contribution in [-0.2, 0) is 4.79 Å². The van der Waals surface area contributed by atoms with Gasteiger partial charge in [-0.3, -0.25) is 4.79 Å². The van der Waals surface area contributed by atoms with Crippen molar-refractivity contribution in [3.63, 3.8) is 0 Å². The lowest BCUT2D eigenvalue weighted by Crippen LogP contribution is -2.35. The van der Waals surface area contributed by atoms with Crippen molar-refractivity contribution in [3.05, 3.63) is 29.1 Å². The summed E-state index contributed by atoms with van der Waals surface area (Å²) in [5.41, 5.74) is 7.33. The second-order valence-corrected chi connectivity index (χ2v) is 5.94. The van der Waals surface area contributed by atoms with E-state index in [4.69, 9.17) is 5.73 Å². The van der Waals surface area contributed by atoms with Crippen LogP contribution in [0.25, 0.3) is 0 Å². The normalized spacial score (nSPS) is 17.8. The third kappa shape index (κ3) is 3.73. The van der Waals surface area contributed by atoms with E-state index in [1.165, 1.54) is 6.07 Å². The molecule has 5 heteroatoms. The van der Waals surface area contributed by atoms with Gasteiger partial charge in [0, 0.05) is 30.8 Å². The number of hydrogen-bond donors (Lipinski definition) is 2. The lowest BCUT2D eigenvalue weighted by Gasteiger charge is -2.35. The molecule has 4 nitrogen and oxygen atoms in total. The van der Waals surface area contributed by atoms with Gasteiger partial charge in [0.05, 0.1) is 6.10 Å². The number of amides is 1. The van der Waals surface area contributed by atoms with Crippen molar-refractivity contribution in [2.45, 2.75) is 39.2 Å². The maximum atomic E-state index is 13.7. The first-order valence-corrected chi connectivity index (χ1v) is 7.40. The van der Waals surface area contributed by atoms with Crippen molar-refractivity contribution < 1.29 is 14.3 Å². The maximum Gasteiger partial charge on any atom is 0.217 e. The molecular weight excluding hydrogens is 271 g/mol. The largest absolute Gasteiger partial charge is 0.389 e. The first-order chi connectivity index (χ1) is 9.88. The number of carbonyl (C=O) groups excluding carboxylic acids is 1. The van der Waals surface area contributed by atoms with Gasteiger partial charge in [-0.1, -0.05) is 0 Å². The monoisotopic (exact) mass is 294 g/mol. The number of hydrogen-bond acceptors (Lipinski definition) is 3. The molecule has 1 saturated heterocycles. The molecule has 0 aromatic heterocycles. The zero-order valence-electron chi connectivity index (χ0n) is 12.6. The standard InChI is InChI=1S/C16H23FN2O2/c1-10-7-15(13(11(2)20)9-14(10)17)19-5-3-12(4-6-19)8-16(18)21/h7,9,11-12,20H,3-6,8H2,1-2H3,(H2,18,21). The van der Waals surface area contributed by atoms with Crippen LogP contribution in [0.3, 0.4) is 0 Å². The number of aryl methyl sites for hydroxylation is 1. The minimum absolute atomic E-state index is 0.254.